The Kier molecular flexibility index (Phi) is 4.61. The van der Waals surface area contributed by atoms with Crippen LogP contribution in [0, 0.1) is 0 Å². The Morgan fingerprint density at radius 3 is 2.71 bits per heavy atom. The van der Waals surface area contributed by atoms with Gasteiger partial charge in [0.1, 0.15) is 11.4 Å². The van der Waals surface area contributed by atoms with Gasteiger partial charge in [-0.3, -0.25) is 9.48 Å². The van der Waals surface area contributed by atoms with E-state index in [4.69, 9.17) is 9.84 Å². The van der Waals surface area contributed by atoms with Crippen LogP contribution in [0.1, 0.15) is 12.8 Å². The molecule has 0 atom stereocenters. The van der Waals surface area contributed by atoms with Crippen molar-refractivity contribution in [3.05, 3.63) is 12.4 Å². The van der Waals surface area contributed by atoms with E-state index in [2.05, 4.69) is 9.82 Å². The van der Waals surface area contributed by atoms with Crippen LogP contribution in [-0.2, 0) is 26.1 Å². The normalized spacial score (nSPS) is 18.5. The van der Waals surface area contributed by atoms with Gasteiger partial charge in [0.2, 0.25) is 10.0 Å². The summed E-state index contributed by atoms with van der Waals surface area (Å²) in [5.41, 5.74) is -0.952. The monoisotopic (exact) mass is 319 g/mol. The second-order valence-corrected chi connectivity index (χ2v) is 6.61. The summed E-state index contributed by atoms with van der Waals surface area (Å²) in [6.07, 6.45) is 2.95. The second kappa shape index (κ2) is 6.10. The van der Waals surface area contributed by atoms with E-state index in [9.17, 15) is 18.3 Å². The van der Waals surface area contributed by atoms with Crippen LogP contribution >= 0.6 is 0 Å². The summed E-state index contributed by atoms with van der Waals surface area (Å²) in [5, 5.41) is 21.8. The number of nitrogens with one attached hydrogen (secondary N) is 1. The molecule has 1 fully saturated rings. The molecule has 1 aliphatic heterocycles. The highest BCUT2D eigenvalue weighted by atomic mass is 32.2. The SMILES string of the molecule is O=C(O)Cn1cc(S(=O)(=O)NC2(CO)CCOCC2)cn1. The lowest BCUT2D eigenvalue weighted by atomic mass is 9.93. The molecule has 0 bridgehead atoms. The fourth-order valence-electron chi connectivity index (χ4n) is 2.11. The molecule has 1 aromatic rings. The molecule has 2 heterocycles. The highest BCUT2D eigenvalue weighted by Gasteiger charge is 2.37. The quantitative estimate of drug-likeness (QED) is 0.599. The van der Waals surface area contributed by atoms with E-state index in [0.717, 1.165) is 17.1 Å². The number of hydrogen-bond acceptors (Lipinski definition) is 6. The predicted octanol–water partition coefficient (Wildman–Crippen LogP) is -1.21. The molecule has 3 N–H and O–H groups in total. The molecule has 0 spiro atoms. The molecule has 0 amide bonds. The van der Waals surface area contributed by atoms with E-state index in [1.807, 2.05) is 0 Å². The lowest BCUT2D eigenvalue weighted by molar-refractivity contribution is -0.137. The molecule has 1 aromatic heterocycles. The van der Waals surface area contributed by atoms with Crippen LogP contribution in [0.25, 0.3) is 0 Å². The number of aliphatic hydroxyl groups excluding tert-OH is 1. The molecule has 0 saturated carbocycles. The fraction of sp³-hybridized carbons (Fsp3) is 0.636. The molecule has 2 rings (SSSR count). The van der Waals surface area contributed by atoms with E-state index < -0.39 is 28.1 Å². The number of aliphatic carboxylic acids is 1. The fourth-order valence-corrected chi connectivity index (χ4v) is 3.51. The van der Waals surface area contributed by atoms with Gasteiger partial charge in [0.05, 0.1) is 18.3 Å². The summed E-state index contributed by atoms with van der Waals surface area (Å²) in [6, 6.07) is 0. The molecule has 1 aliphatic rings. The number of nitrogens with zero attached hydrogens (tertiary/aromatic N) is 2. The summed E-state index contributed by atoms with van der Waals surface area (Å²) in [5.74, 6) is -1.12. The Morgan fingerprint density at radius 1 is 1.48 bits per heavy atom. The first kappa shape index (κ1) is 15.9. The number of aromatic nitrogens is 2. The zero-order valence-electron chi connectivity index (χ0n) is 11.2. The van der Waals surface area contributed by atoms with Crippen molar-refractivity contribution in [1.82, 2.24) is 14.5 Å². The Balaban J connectivity index is 2.17. The highest BCUT2D eigenvalue weighted by molar-refractivity contribution is 7.89. The number of aliphatic hydroxyl groups is 1. The van der Waals surface area contributed by atoms with Gasteiger partial charge in [0.15, 0.2) is 0 Å². The number of sulfonamides is 1. The predicted molar refractivity (Wildman–Crippen MR) is 70.1 cm³/mol. The second-order valence-electron chi connectivity index (χ2n) is 4.92. The average molecular weight is 319 g/mol. The molecule has 0 aliphatic carbocycles. The third kappa shape index (κ3) is 3.79. The zero-order valence-corrected chi connectivity index (χ0v) is 12.0. The number of rotatable bonds is 6. The van der Waals surface area contributed by atoms with E-state index in [1.165, 1.54) is 0 Å². The van der Waals surface area contributed by atoms with Gasteiger partial charge in [-0.2, -0.15) is 5.10 Å². The molecule has 0 radical (unpaired) electrons. The van der Waals surface area contributed by atoms with Crippen molar-refractivity contribution in [2.24, 2.45) is 0 Å². The van der Waals surface area contributed by atoms with E-state index in [1.54, 1.807) is 0 Å². The van der Waals surface area contributed by atoms with Gasteiger partial charge < -0.3 is 14.9 Å². The summed E-state index contributed by atoms with van der Waals surface area (Å²) in [7, 11) is -3.89. The summed E-state index contributed by atoms with van der Waals surface area (Å²) in [6.45, 7) is -0.0317. The van der Waals surface area contributed by atoms with Crippen LogP contribution in [-0.4, -0.2) is 59.7 Å². The first-order chi connectivity index (χ1) is 9.87. The number of carboxylic acids is 1. The van der Waals surface area contributed by atoms with Gasteiger partial charge in [0.25, 0.3) is 0 Å². The average Bonchev–Trinajstić information content (AvgIpc) is 2.88. The van der Waals surface area contributed by atoms with Crippen molar-refractivity contribution >= 4 is 16.0 Å². The molecule has 0 unspecified atom stereocenters. The zero-order chi connectivity index (χ0) is 15.5. The molecule has 9 nitrogen and oxygen atoms in total. The van der Waals surface area contributed by atoms with Gasteiger partial charge >= 0.3 is 5.97 Å². The smallest absolute Gasteiger partial charge is 0.325 e. The van der Waals surface area contributed by atoms with Crippen LogP contribution in [0.2, 0.25) is 0 Å². The summed E-state index contributed by atoms with van der Waals surface area (Å²) in [4.78, 5) is 10.4. The topological polar surface area (TPSA) is 131 Å². The van der Waals surface area contributed by atoms with E-state index in [0.29, 0.717) is 26.1 Å². The Hall–Kier alpha value is -1.49. The largest absolute Gasteiger partial charge is 0.480 e. The highest BCUT2D eigenvalue weighted by Crippen LogP contribution is 2.23. The number of carbonyl (C=O) groups is 1. The molecule has 1 saturated heterocycles. The maximum atomic E-state index is 12.3. The minimum atomic E-state index is -3.89. The van der Waals surface area contributed by atoms with Crippen LogP contribution < -0.4 is 4.72 Å². The van der Waals surface area contributed by atoms with Gasteiger partial charge in [0, 0.05) is 19.4 Å². The minimum Gasteiger partial charge on any atom is -0.480 e. The van der Waals surface area contributed by atoms with Gasteiger partial charge in [-0.25, -0.2) is 13.1 Å². The maximum Gasteiger partial charge on any atom is 0.325 e. The van der Waals surface area contributed by atoms with Gasteiger partial charge in [-0.15, -0.1) is 0 Å². The molecule has 10 heteroatoms. The van der Waals surface area contributed by atoms with Crippen molar-refractivity contribution in [3.8, 4) is 0 Å². The first-order valence-corrected chi connectivity index (χ1v) is 7.82. The molecular weight excluding hydrogens is 302 g/mol. The van der Waals surface area contributed by atoms with Crippen LogP contribution in [0.3, 0.4) is 0 Å². The minimum absolute atomic E-state index is 0.136. The van der Waals surface area contributed by atoms with Crippen molar-refractivity contribution in [1.29, 1.82) is 0 Å². The third-order valence-corrected chi connectivity index (χ3v) is 4.85. The maximum absolute atomic E-state index is 12.3. The van der Waals surface area contributed by atoms with E-state index in [-0.39, 0.29) is 11.5 Å². The number of carboxylic acid groups (broad SMARTS) is 1. The van der Waals surface area contributed by atoms with Gasteiger partial charge in [-0.05, 0) is 12.8 Å². The van der Waals surface area contributed by atoms with Crippen molar-refractivity contribution in [2.75, 3.05) is 19.8 Å². The lowest BCUT2D eigenvalue weighted by Gasteiger charge is -2.35. The summed E-state index contributed by atoms with van der Waals surface area (Å²) < 4.78 is 33.3. The Bertz CT molecular complexity index is 605. The van der Waals surface area contributed by atoms with Crippen LogP contribution in [0.15, 0.2) is 17.3 Å². The molecule has 21 heavy (non-hydrogen) atoms. The summed E-state index contributed by atoms with van der Waals surface area (Å²) >= 11 is 0. The van der Waals surface area contributed by atoms with Crippen LogP contribution in [0.4, 0.5) is 0 Å². The first-order valence-electron chi connectivity index (χ1n) is 6.34. The van der Waals surface area contributed by atoms with Gasteiger partial charge in [-0.1, -0.05) is 0 Å². The van der Waals surface area contributed by atoms with Crippen molar-refractivity contribution in [3.63, 3.8) is 0 Å². The van der Waals surface area contributed by atoms with Crippen molar-refractivity contribution < 1.29 is 28.2 Å². The Labute approximate surface area is 121 Å². The molecule has 118 valence electrons. The standard InChI is InChI=1S/C11H17N3O6S/c15-8-11(1-3-20-4-2-11)13-21(18,19)9-5-12-14(6-9)7-10(16)17/h5-6,13,15H,1-4,7-8H2,(H,16,17). The molecule has 0 aromatic carbocycles. The Morgan fingerprint density at radius 2 is 2.14 bits per heavy atom. The number of hydrogen-bond donors (Lipinski definition) is 3. The van der Waals surface area contributed by atoms with Crippen LogP contribution in [0.5, 0.6) is 0 Å². The van der Waals surface area contributed by atoms with Crippen molar-refractivity contribution in [2.45, 2.75) is 29.8 Å². The van der Waals surface area contributed by atoms with E-state index >= 15 is 0 Å². The lowest BCUT2D eigenvalue weighted by Crippen LogP contribution is -2.54. The number of ether oxygens (including phenoxy) is 1. The third-order valence-electron chi connectivity index (χ3n) is 3.32. The molecular formula is C11H17N3O6S.